The molecule has 0 saturated heterocycles. The monoisotopic (exact) mass is 275 g/mol. The van der Waals surface area contributed by atoms with Crippen molar-refractivity contribution in [2.45, 2.75) is 39.5 Å². The molecule has 1 amide bonds. The van der Waals surface area contributed by atoms with Crippen molar-refractivity contribution in [1.82, 2.24) is 0 Å². The summed E-state index contributed by atoms with van der Waals surface area (Å²) in [5.41, 5.74) is 3.49. The summed E-state index contributed by atoms with van der Waals surface area (Å²) in [6, 6.07) is 6.22. The highest BCUT2D eigenvalue weighted by atomic mass is 16.5. The van der Waals surface area contributed by atoms with Gasteiger partial charge in [-0.15, -0.1) is 0 Å². The minimum Gasteiger partial charge on any atom is -0.466 e. The number of aryl methyl sites for hydroxylation is 1. The summed E-state index contributed by atoms with van der Waals surface area (Å²) in [5, 5.41) is 0. The highest BCUT2D eigenvalue weighted by molar-refractivity contribution is 5.93. The Balaban J connectivity index is 1.92. The number of amides is 1. The minimum absolute atomic E-state index is 0.0961. The maximum atomic E-state index is 11.5. The zero-order valence-electron chi connectivity index (χ0n) is 12.1. The van der Waals surface area contributed by atoms with Crippen molar-refractivity contribution in [3.63, 3.8) is 0 Å². The van der Waals surface area contributed by atoms with Gasteiger partial charge in [0.15, 0.2) is 0 Å². The fourth-order valence-electron chi connectivity index (χ4n) is 2.61. The number of fused-ring (bicyclic) bond motifs is 1. The van der Waals surface area contributed by atoms with Crippen molar-refractivity contribution < 1.29 is 14.3 Å². The molecule has 1 aliphatic heterocycles. The standard InChI is InChI=1S/C16H21NO3/c1-3-20-16(19)6-4-5-13-7-8-15-14(11-13)9-10-17(15)12(2)18/h7-8,11H,3-6,9-10H2,1-2H3. The molecule has 1 aromatic rings. The van der Waals surface area contributed by atoms with Crippen LogP contribution in [0.1, 0.15) is 37.8 Å². The minimum atomic E-state index is -0.128. The molecule has 0 fully saturated rings. The maximum absolute atomic E-state index is 11.5. The van der Waals surface area contributed by atoms with Gasteiger partial charge in [0.05, 0.1) is 6.61 Å². The Labute approximate surface area is 119 Å². The van der Waals surface area contributed by atoms with Gasteiger partial charge in [-0.05, 0) is 43.4 Å². The lowest BCUT2D eigenvalue weighted by Crippen LogP contribution is -2.25. The van der Waals surface area contributed by atoms with E-state index in [9.17, 15) is 9.59 Å². The first-order valence-electron chi connectivity index (χ1n) is 7.17. The normalized spacial score (nSPS) is 13.2. The first-order chi connectivity index (χ1) is 9.61. The molecule has 0 unspecified atom stereocenters. The largest absolute Gasteiger partial charge is 0.466 e. The lowest BCUT2D eigenvalue weighted by molar-refractivity contribution is -0.143. The van der Waals surface area contributed by atoms with Gasteiger partial charge in [0.2, 0.25) is 5.91 Å². The smallest absolute Gasteiger partial charge is 0.305 e. The van der Waals surface area contributed by atoms with Gasteiger partial charge in [-0.3, -0.25) is 9.59 Å². The first-order valence-corrected chi connectivity index (χ1v) is 7.17. The van der Waals surface area contributed by atoms with Crippen LogP contribution in [-0.4, -0.2) is 25.0 Å². The molecule has 0 spiro atoms. The van der Waals surface area contributed by atoms with Crippen LogP contribution in [0.2, 0.25) is 0 Å². The van der Waals surface area contributed by atoms with Gasteiger partial charge < -0.3 is 9.64 Å². The van der Waals surface area contributed by atoms with Crippen LogP contribution in [0.3, 0.4) is 0 Å². The lowest BCUT2D eigenvalue weighted by Gasteiger charge is -2.14. The Morgan fingerprint density at radius 3 is 2.85 bits per heavy atom. The summed E-state index contributed by atoms with van der Waals surface area (Å²) < 4.78 is 4.91. The number of hydrogen-bond acceptors (Lipinski definition) is 3. The van der Waals surface area contributed by atoms with Crippen molar-refractivity contribution in [3.05, 3.63) is 29.3 Å². The first kappa shape index (κ1) is 14.6. The topological polar surface area (TPSA) is 46.6 Å². The van der Waals surface area contributed by atoms with Crippen molar-refractivity contribution >= 4 is 17.6 Å². The predicted molar refractivity (Wildman–Crippen MR) is 77.7 cm³/mol. The fraction of sp³-hybridized carbons (Fsp3) is 0.500. The fourth-order valence-corrected chi connectivity index (χ4v) is 2.61. The zero-order chi connectivity index (χ0) is 14.5. The van der Waals surface area contributed by atoms with E-state index in [2.05, 4.69) is 6.07 Å². The molecule has 1 aromatic carbocycles. The summed E-state index contributed by atoms with van der Waals surface area (Å²) in [4.78, 5) is 24.6. The van der Waals surface area contributed by atoms with E-state index >= 15 is 0 Å². The SMILES string of the molecule is CCOC(=O)CCCc1ccc2c(c1)CCN2C(C)=O. The number of benzene rings is 1. The third kappa shape index (κ3) is 3.38. The molecule has 108 valence electrons. The quantitative estimate of drug-likeness (QED) is 0.776. The summed E-state index contributed by atoms with van der Waals surface area (Å²) in [6.07, 6.45) is 3.05. The van der Waals surface area contributed by atoms with Gasteiger partial charge >= 0.3 is 5.97 Å². The molecule has 0 saturated carbocycles. The molecule has 0 aromatic heterocycles. The molecule has 1 aliphatic rings. The van der Waals surface area contributed by atoms with Crippen LogP contribution >= 0.6 is 0 Å². The molecule has 0 atom stereocenters. The van der Waals surface area contributed by atoms with Crippen LogP contribution in [0.25, 0.3) is 0 Å². The second-order valence-corrected chi connectivity index (χ2v) is 5.04. The summed E-state index contributed by atoms with van der Waals surface area (Å²) >= 11 is 0. The predicted octanol–water partition coefficient (Wildman–Crippen LogP) is 2.48. The number of hydrogen-bond donors (Lipinski definition) is 0. The van der Waals surface area contributed by atoms with Gasteiger partial charge in [-0.1, -0.05) is 12.1 Å². The zero-order valence-corrected chi connectivity index (χ0v) is 12.1. The van der Waals surface area contributed by atoms with E-state index in [1.807, 2.05) is 24.0 Å². The average molecular weight is 275 g/mol. The molecular weight excluding hydrogens is 254 g/mol. The van der Waals surface area contributed by atoms with Gasteiger partial charge in [-0.25, -0.2) is 0 Å². The Morgan fingerprint density at radius 2 is 2.15 bits per heavy atom. The number of rotatable bonds is 5. The van der Waals surface area contributed by atoms with E-state index in [-0.39, 0.29) is 11.9 Å². The molecular formula is C16H21NO3. The molecule has 2 rings (SSSR count). The maximum Gasteiger partial charge on any atom is 0.305 e. The van der Waals surface area contributed by atoms with Crippen LogP contribution in [0.5, 0.6) is 0 Å². The summed E-state index contributed by atoms with van der Waals surface area (Å²) in [5.74, 6) is -0.0322. The van der Waals surface area contributed by atoms with Crippen molar-refractivity contribution in [3.8, 4) is 0 Å². The van der Waals surface area contributed by atoms with Crippen LogP contribution in [0.4, 0.5) is 5.69 Å². The highest BCUT2D eigenvalue weighted by Crippen LogP contribution is 2.29. The van der Waals surface area contributed by atoms with Gasteiger partial charge in [0.25, 0.3) is 0 Å². The number of carbonyl (C=O) groups is 2. The third-order valence-corrected chi connectivity index (χ3v) is 3.57. The molecule has 0 radical (unpaired) electrons. The Bertz CT molecular complexity index is 510. The second kappa shape index (κ2) is 6.55. The molecule has 0 N–H and O–H groups in total. The van der Waals surface area contributed by atoms with Crippen LogP contribution in [0.15, 0.2) is 18.2 Å². The Hall–Kier alpha value is -1.84. The molecule has 1 heterocycles. The van der Waals surface area contributed by atoms with Crippen molar-refractivity contribution in [2.75, 3.05) is 18.1 Å². The number of carbonyl (C=O) groups excluding carboxylic acids is 2. The highest BCUT2D eigenvalue weighted by Gasteiger charge is 2.21. The number of esters is 1. The number of ether oxygens (including phenoxy) is 1. The molecule has 20 heavy (non-hydrogen) atoms. The van der Waals surface area contributed by atoms with E-state index in [0.717, 1.165) is 31.5 Å². The molecule has 0 aliphatic carbocycles. The van der Waals surface area contributed by atoms with Crippen molar-refractivity contribution in [2.24, 2.45) is 0 Å². The van der Waals surface area contributed by atoms with Gasteiger partial charge in [0, 0.05) is 25.6 Å². The van der Waals surface area contributed by atoms with E-state index in [1.165, 1.54) is 11.1 Å². The van der Waals surface area contributed by atoms with Gasteiger partial charge in [0.1, 0.15) is 0 Å². The molecule has 0 bridgehead atoms. The number of nitrogens with zero attached hydrogens (tertiary/aromatic N) is 1. The van der Waals surface area contributed by atoms with Crippen LogP contribution < -0.4 is 4.90 Å². The van der Waals surface area contributed by atoms with E-state index < -0.39 is 0 Å². The van der Waals surface area contributed by atoms with E-state index in [4.69, 9.17) is 4.74 Å². The molecule has 4 nitrogen and oxygen atoms in total. The van der Waals surface area contributed by atoms with Crippen molar-refractivity contribution in [1.29, 1.82) is 0 Å². The van der Waals surface area contributed by atoms with Crippen LogP contribution in [-0.2, 0) is 27.2 Å². The van der Waals surface area contributed by atoms with Gasteiger partial charge in [-0.2, -0.15) is 0 Å². The Kier molecular flexibility index (Phi) is 4.77. The summed E-state index contributed by atoms with van der Waals surface area (Å²) in [6.45, 7) is 4.64. The Morgan fingerprint density at radius 1 is 1.35 bits per heavy atom. The van der Waals surface area contributed by atoms with E-state index in [1.54, 1.807) is 6.92 Å². The molecule has 4 heteroatoms. The average Bonchev–Trinajstić information content (AvgIpc) is 2.82. The second-order valence-electron chi connectivity index (χ2n) is 5.04. The lowest BCUT2D eigenvalue weighted by atomic mass is 10.0. The van der Waals surface area contributed by atoms with E-state index in [0.29, 0.717) is 13.0 Å². The van der Waals surface area contributed by atoms with Crippen LogP contribution in [0, 0.1) is 0 Å². The summed E-state index contributed by atoms with van der Waals surface area (Å²) in [7, 11) is 0. The number of anilines is 1. The third-order valence-electron chi connectivity index (χ3n) is 3.57.